The largest absolute Gasteiger partial charge is 0.255 e. The minimum atomic E-state index is -0.337. The van der Waals surface area contributed by atoms with Gasteiger partial charge < -0.3 is 0 Å². The van der Waals surface area contributed by atoms with E-state index in [4.69, 9.17) is 11.6 Å². The fourth-order valence-electron chi connectivity index (χ4n) is 2.35. The third-order valence-electron chi connectivity index (χ3n) is 3.56. The zero-order valence-electron chi connectivity index (χ0n) is 12.8. The van der Waals surface area contributed by atoms with Gasteiger partial charge in [0.25, 0.3) is 5.78 Å². The van der Waals surface area contributed by atoms with Gasteiger partial charge in [-0.2, -0.15) is 9.50 Å². The number of hydrogen-bond acceptors (Lipinski definition) is 5. The van der Waals surface area contributed by atoms with Crippen molar-refractivity contribution >= 4 is 29.1 Å². The van der Waals surface area contributed by atoms with E-state index in [1.165, 1.54) is 17.8 Å². The van der Waals surface area contributed by atoms with E-state index < -0.39 is 0 Å². The first-order valence-corrected chi connectivity index (χ1v) is 8.77. The van der Waals surface area contributed by atoms with Crippen molar-refractivity contribution in [2.45, 2.75) is 10.9 Å². The minimum absolute atomic E-state index is 0.335. The number of pyridine rings is 1. The van der Waals surface area contributed by atoms with Crippen LogP contribution in [0.2, 0.25) is 5.02 Å². The van der Waals surface area contributed by atoms with Crippen molar-refractivity contribution in [2.24, 2.45) is 0 Å². The second kappa shape index (κ2) is 6.78. The minimum Gasteiger partial charge on any atom is -0.255 e. The smallest absolute Gasteiger partial charge is 0.253 e. The summed E-state index contributed by atoms with van der Waals surface area (Å²) in [6.07, 6.45) is 3.38. The highest BCUT2D eigenvalue weighted by atomic mass is 35.5. The third-order valence-corrected chi connectivity index (χ3v) is 4.77. The van der Waals surface area contributed by atoms with Gasteiger partial charge in [0.1, 0.15) is 5.82 Å². The van der Waals surface area contributed by atoms with Crippen molar-refractivity contribution in [1.82, 2.24) is 24.6 Å². The lowest BCUT2D eigenvalue weighted by Crippen LogP contribution is -1.97. The van der Waals surface area contributed by atoms with Crippen molar-refractivity contribution in [1.29, 1.82) is 0 Å². The van der Waals surface area contributed by atoms with Gasteiger partial charge >= 0.3 is 0 Å². The van der Waals surface area contributed by atoms with Crippen molar-refractivity contribution < 1.29 is 4.39 Å². The molecule has 0 aliphatic heterocycles. The molecule has 0 radical (unpaired) electrons. The predicted octanol–water partition coefficient (Wildman–Crippen LogP) is 4.27. The Hall–Kier alpha value is -2.51. The Balaban J connectivity index is 1.66. The number of thioether (sulfide) groups is 1. The zero-order valence-corrected chi connectivity index (χ0v) is 14.4. The zero-order chi connectivity index (χ0) is 17.2. The van der Waals surface area contributed by atoms with Crippen LogP contribution in [0.4, 0.5) is 4.39 Å². The number of hydrogen-bond donors (Lipinski definition) is 0. The van der Waals surface area contributed by atoms with Crippen LogP contribution in [0.5, 0.6) is 0 Å². The molecule has 0 unspecified atom stereocenters. The molecule has 3 heterocycles. The van der Waals surface area contributed by atoms with Crippen LogP contribution in [0.25, 0.3) is 17.2 Å². The van der Waals surface area contributed by atoms with Crippen LogP contribution in [0.15, 0.2) is 60.0 Å². The number of nitrogens with zero attached hydrogens (tertiary/aromatic N) is 5. The lowest BCUT2D eigenvalue weighted by atomic mass is 10.2. The summed E-state index contributed by atoms with van der Waals surface area (Å²) >= 11 is 7.36. The van der Waals surface area contributed by atoms with Crippen molar-refractivity contribution in [3.8, 4) is 11.4 Å². The summed E-state index contributed by atoms with van der Waals surface area (Å²) in [6, 6.07) is 12.1. The average molecular weight is 372 g/mol. The molecule has 0 N–H and O–H groups in total. The van der Waals surface area contributed by atoms with E-state index in [1.54, 1.807) is 29.0 Å². The van der Waals surface area contributed by atoms with Crippen LogP contribution in [-0.2, 0) is 5.75 Å². The van der Waals surface area contributed by atoms with E-state index in [9.17, 15) is 4.39 Å². The van der Waals surface area contributed by atoms with Gasteiger partial charge in [-0.05, 0) is 30.3 Å². The van der Waals surface area contributed by atoms with Crippen LogP contribution in [0.3, 0.4) is 0 Å². The quantitative estimate of drug-likeness (QED) is 0.501. The number of aromatic nitrogens is 5. The summed E-state index contributed by atoms with van der Waals surface area (Å²) in [4.78, 5) is 12.9. The Morgan fingerprint density at radius 1 is 1.04 bits per heavy atom. The molecule has 0 aliphatic carbocycles. The van der Waals surface area contributed by atoms with Crippen LogP contribution in [0, 0.1) is 5.82 Å². The van der Waals surface area contributed by atoms with Crippen LogP contribution in [0.1, 0.15) is 5.56 Å². The van der Waals surface area contributed by atoms with Gasteiger partial charge in [-0.3, -0.25) is 4.98 Å². The fraction of sp³-hybridized carbons (Fsp3) is 0.0588. The summed E-state index contributed by atoms with van der Waals surface area (Å²) in [5.41, 5.74) is 1.99. The molecule has 0 atom stereocenters. The second-order valence-electron chi connectivity index (χ2n) is 5.14. The Bertz CT molecular complexity index is 1020. The van der Waals surface area contributed by atoms with Crippen molar-refractivity contribution in [2.75, 3.05) is 0 Å². The van der Waals surface area contributed by atoms with Crippen molar-refractivity contribution in [3.63, 3.8) is 0 Å². The lowest BCUT2D eigenvalue weighted by Gasteiger charge is -2.03. The van der Waals surface area contributed by atoms with E-state index >= 15 is 0 Å². The number of rotatable bonds is 4. The summed E-state index contributed by atoms with van der Waals surface area (Å²) in [6.45, 7) is 0. The maximum Gasteiger partial charge on any atom is 0.253 e. The first-order chi connectivity index (χ1) is 12.2. The highest BCUT2D eigenvalue weighted by Crippen LogP contribution is 2.27. The first kappa shape index (κ1) is 16.0. The summed E-state index contributed by atoms with van der Waals surface area (Å²) in [5, 5.41) is 5.35. The monoisotopic (exact) mass is 371 g/mol. The molecule has 4 aromatic rings. The number of fused-ring (bicyclic) bond motifs is 1. The van der Waals surface area contributed by atoms with Gasteiger partial charge in [-0.1, -0.05) is 35.5 Å². The molecular formula is C17H11ClFN5S. The predicted molar refractivity (Wildman–Crippen MR) is 95.0 cm³/mol. The summed E-state index contributed by atoms with van der Waals surface area (Å²) in [5.74, 6) is 0.461. The van der Waals surface area contributed by atoms with Crippen LogP contribution < -0.4 is 0 Å². The van der Waals surface area contributed by atoms with Gasteiger partial charge in [-0.15, -0.1) is 5.10 Å². The van der Waals surface area contributed by atoms with E-state index in [2.05, 4.69) is 20.1 Å². The number of benzene rings is 1. The topological polar surface area (TPSA) is 56.0 Å². The molecule has 4 rings (SSSR count). The van der Waals surface area contributed by atoms with Gasteiger partial charge in [0, 0.05) is 28.7 Å². The molecule has 0 fully saturated rings. The highest BCUT2D eigenvalue weighted by molar-refractivity contribution is 7.98. The van der Waals surface area contributed by atoms with Gasteiger partial charge in [0.15, 0.2) is 0 Å². The Morgan fingerprint density at radius 2 is 1.96 bits per heavy atom. The van der Waals surface area contributed by atoms with Gasteiger partial charge in [0.05, 0.1) is 11.4 Å². The molecule has 25 heavy (non-hydrogen) atoms. The van der Waals surface area contributed by atoms with E-state index in [-0.39, 0.29) is 5.82 Å². The van der Waals surface area contributed by atoms with Gasteiger partial charge in [-0.25, -0.2) is 9.37 Å². The molecule has 0 amide bonds. The summed E-state index contributed by atoms with van der Waals surface area (Å²) < 4.78 is 15.5. The van der Waals surface area contributed by atoms with Crippen LogP contribution >= 0.6 is 23.4 Å². The molecule has 8 heteroatoms. The van der Waals surface area contributed by atoms with Gasteiger partial charge in [0.2, 0.25) is 5.16 Å². The van der Waals surface area contributed by atoms with Crippen molar-refractivity contribution in [3.05, 3.63) is 71.3 Å². The second-order valence-corrected chi connectivity index (χ2v) is 6.49. The molecule has 5 nitrogen and oxygen atoms in total. The van der Waals surface area contributed by atoms with E-state index in [1.807, 2.05) is 24.3 Å². The summed E-state index contributed by atoms with van der Waals surface area (Å²) in [7, 11) is 0. The molecule has 0 spiro atoms. The number of halogens is 2. The average Bonchev–Trinajstić information content (AvgIpc) is 3.05. The molecule has 3 aromatic heterocycles. The SMILES string of the molecule is Fc1cccc(Cl)c1CSc1nc2nccc(-c3ccccn3)n2n1. The molecule has 0 saturated heterocycles. The molecule has 1 aromatic carbocycles. The maximum absolute atomic E-state index is 13.9. The molecule has 0 saturated carbocycles. The lowest BCUT2D eigenvalue weighted by molar-refractivity contribution is 0.617. The van der Waals surface area contributed by atoms with E-state index in [0.29, 0.717) is 27.3 Å². The Labute approximate surface area is 151 Å². The standard InChI is InChI=1S/C17H11ClFN5S/c18-12-4-3-5-13(19)11(12)10-25-17-22-16-21-9-7-15(24(16)23-17)14-6-1-2-8-20-14/h1-9H,10H2. The maximum atomic E-state index is 13.9. The third kappa shape index (κ3) is 3.20. The Kier molecular flexibility index (Phi) is 4.33. The molecule has 0 bridgehead atoms. The molecular weight excluding hydrogens is 361 g/mol. The first-order valence-electron chi connectivity index (χ1n) is 7.41. The fourth-order valence-corrected chi connectivity index (χ4v) is 3.51. The molecule has 124 valence electrons. The van der Waals surface area contributed by atoms with Crippen LogP contribution in [-0.4, -0.2) is 24.6 Å². The highest BCUT2D eigenvalue weighted by Gasteiger charge is 2.13. The Morgan fingerprint density at radius 3 is 2.76 bits per heavy atom. The normalized spacial score (nSPS) is 11.1. The van der Waals surface area contributed by atoms with E-state index in [0.717, 1.165) is 11.4 Å². The molecule has 0 aliphatic rings.